The lowest BCUT2D eigenvalue weighted by Gasteiger charge is -2.43. The Morgan fingerprint density at radius 2 is 2.11 bits per heavy atom. The van der Waals surface area contributed by atoms with Crippen LogP contribution in [0.2, 0.25) is 0 Å². The summed E-state index contributed by atoms with van der Waals surface area (Å²) in [6.07, 6.45) is 9.86. The molecule has 1 aromatic heterocycles. The molecule has 3 nitrogen and oxygen atoms in total. The highest BCUT2D eigenvalue weighted by molar-refractivity contribution is 5.95. The molecule has 2 heterocycles. The molecule has 18 heavy (non-hydrogen) atoms. The molecule has 2 unspecified atom stereocenters. The first-order valence-electron chi connectivity index (χ1n) is 7.25. The Labute approximate surface area is 109 Å². The van der Waals surface area contributed by atoms with E-state index in [1.54, 1.807) is 0 Å². The van der Waals surface area contributed by atoms with Crippen molar-refractivity contribution in [1.82, 2.24) is 9.88 Å². The first-order valence-corrected chi connectivity index (χ1v) is 7.25. The number of carbonyl (C=O) groups is 1. The molecule has 0 bridgehead atoms. The minimum atomic E-state index is 0.242. The minimum absolute atomic E-state index is 0.242. The van der Waals surface area contributed by atoms with Gasteiger partial charge in [-0.1, -0.05) is 12.8 Å². The van der Waals surface area contributed by atoms with Gasteiger partial charge in [-0.25, -0.2) is 0 Å². The van der Waals surface area contributed by atoms with Crippen molar-refractivity contribution in [2.75, 3.05) is 13.1 Å². The van der Waals surface area contributed by atoms with Crippen LogP contribution < -0.4 is 0 Å². The van der Waals surface area contributed by atoms with Crippen molar-refractivity contribution in [2.45, 2.75) is 44.6 Å². The number of nitrogens with zero attached hydrogens (tertiary/aromatic N) is 1. The number of aromatic amines is 1. The summed E-state index contributed by atoms with van der Waals surface area (Å²) in [5.74, 6) is 1.09. The van der Waals surface area contributed by atoms with E-state index < -0.39 is 0 Å². The largest absolute Gasteiger partial charge is 0.359 e. The molecule has 2 fully saturated rings. The molecule has 1 saturated carbocycles. The highest BCUT2D eigenvalue weighted by Crippen LogP contribution is 2.35. The lowest BCUT2D eigenvalue weighted by Crippen LogP contribution is -2.48. The number of hydrogen-bond acceptors (Lipinski definition) is 2. The van der Waals surface area contributed by atoms with Crippen LogP contribution in [0.3, 0.4) is 0 Å². The molecule has 98 valence electrons. The van der Waals surface area contributed by atoms with Gasteiger partial charge >= 0.3 is 0 Å². The summed E-state index contributed by atoms with van der Waals surface area (Å²) < 4.78 is 0. The van der Waals surface area contributed by atoms with Gasteiger partial charge in [0, 0.05) is 12.2 Å². The lowest BCUT2D eigenvalue weighted by molar-refractivity contribution is 0.0537. The van der Waals surface area contributed by atoms with E-state index in [0.29, 0.717) is 12.6 Å². The zero-order valence-electron chi connectivity index (χ0n) is 10.9. The maximum atomic E-state index is 12.2. The predicted octanol–water partition coefficient (Wildman–Crippen LogP) is 2.85. The van der Waals surface area contributed by atoms with Gasteiger partial charge in [-0.15, -0.1) is 0 Å². The van der Waals surface area contributed by atoms with E-state index >= 15 is 0 Å². The van der Waals surface area contributed by atoms with Crippen molar-refractivity contribution in [1.29, 1.82) is 0 Å². The summed E-state index contributed by atoms with van der Waals surface area (Å²) in [5, 5.41) is 0. The molecule has 1 N–H and O–H groups in total. The van der Waals surface area contributed by atoms with Gasteiger partial charge in [-0.3, -0.25) is 9.69 Å². The Morgan fingerprint density at radius 1 is 1.28 bits per heavy atom. The molecular weight excluding hydrogens is 224 g/mol. The van der Waals surface area contributed by atoms with Crippen LogP contribution in [0.1, 0.15) is 49.0 Å². The van der Waals surface area contributed by atoms with E-state index in [1.807, 2.05) is 18.3 Å². The van der Waals surface area contributed by atoms with Crippen molar-refractivity contribution in [2.24, 2.45) is 5.92 Å². The summed E-state index contributed by atoms with van der Waals surface area (Å²) in [6, 6.07) is 4.45. The van der Waals surface area contributed by atoms with E-state index in [-0.39, 0.29) is 5.78 Å². The fourth-order valence-corrected chi connectivity index (χ4v) is 3.70. The lowest BCUT2D eigenvalue weighted by atomic mass is 9.78. The molecule has 1 aromatic rings. The fraction of sp³-hybridized carbons (Fsp3) is 0.667. The van der Waals surface area contributed by atoms with Gasteiger partial charge in [0.1, 0.15) is 0 Å². The third kappa shape index (κ3) is 2.37. The number of ketones is 1. The number of piperidine rings is 1. The van der Waals surface area contributed by atoms with Crippen molar-refractivity contribution < 1.29 is 4.79 Å². The van der Waals surface area contributed by atoms with E-state index in [9.17, 15) is 4.79 Å². The Balaban J connectivity index is 1.66. The number of aromatic nitrogens is 1. The van der Waals surface area contributed by atoms with Crippen LogP contribution in [-0.4, -0.2) is 34.8 Å². The zero-order valence-corrected chi connectivity index (χ0v) is 10.9. The Morgan fingerprint density at radius 3 is 2.94 bits per heavy atom. The Hall–Kier alpha value is -1.09. The number of carbonyl (C=O) groups excluding carboxylic acids is 1. The average Bonchev–Trinajstić information content (AvgIpc) is 2.93. The first-order chi connectivity index (χ1) is 8.84. The minimum Gasteiger partial charge on any atom is -0.359 e. The van der Waals surface area contributed by atoms with Crippen LogP contribution in [0, 0.1) is 5.92 Å². The highest BCUT2D eigenvalue weighted by atomic mass is 16.1. The summed E-state index contributed by atoms with van der Waals surface area (Å²) in [4.78, 5) is 17.6. The Kier molecular flexibility index (Phi) is 3.50. The Bertz CT molecular complexity index is 397. The molecule has 1 aliphatic heterocycles. The van der Waals surface area contributed by atoms with Gasteiger partial charge in [0.15, 0.2) is 5.78 Å². The molecule has 3 rings (SSSR count). The van der Waals surface area contributed by atoms with Gasteiger partial charge < -0.3 is 4.98 Å². The molecule has 2 aliphatic rings. The number of rotatable bonds is 3. The molecule has 0 spiro atoms. The van der Waals surface area contributed by atoms with Crippen molar-refractivity contribution >= 4 is 5.78 Å². The summed E-state index contributed by atoms with van der Waals surface area (Å²) >= 11 is 0. The molecule has 3 heteroatoms. The maximum absolute atomic E-state index is 12.2. The van der Waals surface area contributed by atoms with E-state index in [0.717, 1.165) is 18.2 Å². The number of Topliss-reactive ketones (excluding diaryl/α,β-unsaturated/α-hetero) is 1. The second-order valence-electron chi connectivity index (χ2n) is 5.73. The van der Waals surface area contributed by atoms with E-state index in [4.69, 9.17) is 0 Å². The van der Waals surface area contributed by atoms with Gasteiger partial charge in [0.2, 0.25) is 0 Å². The van der Waals surface area contributed by atoms with Crippen LogP contribution in [0.25, 0.3) is 0 Å². The number of likely N-dealkylation sites (tertiary alicyclic amines) is 1. The van der Waals surface area contributed by atoms with Crippen molar-refractivity contribution in [3.8, 4) is 0 Å². The maximum Gasteiger partial charge on any atom is 0.192 e. The second-order valence-corrected chi connectivity index (χ2v) is 5.73. The van der Waals surface area contributed by atoms with Crippen LogP contribution in [0.15, 0.2) is 18.3 Å². The third-order valence-corrected chi connectivity index (χ3v) is 4.60. The monoisotopic (exact) mass is 246 g/mol. The van der Waals surface area contributed by atoms with E-state index in [1.165, 1.54) is 38.5 Å². The number of H-pyrrole nitrogens is 1. The van der Waals surface area contributed by atoms with Gasteiger partial charge in [-0.2, -0.15) is 0 Å². The molecule has 2 atom stereocenters. The van der Waals surface area contributed by atoms with Gasteiger partial charge in [0.25, 0.3) is 0 Å². The average molecular weight is 246 g/mol. The molecule has 0 amide bonds. The number of hydrogen-bond donors (Lipinski definition) is 1. The van der Waals surface area contributed by atoms with Crippen molar-refractivity contribution in [3.63, 3.8) is 0 Å². The number of nitrogens with one attached hydrogen (secondary N) is 1. The van der Waals surface area contributed by atoms with E-state index in [2.05, 4.69) is 9.88 Å². The smallest absolute Gasteiger partial charge is 0.192 e. The quantitative estimate of drug-likeness (QED) is 0.832. The predicted molar refractivity (Wildman–Crippen MR) is 71.7 cm³/mol. The summed E-state index contributed by atoms with van der Waals surface area (Å²) in [6.45, 7) is 1.70. The zero-order chi connectivity index (χ0) is 12.4. The fourth-order valence-electron chi connectivity index (χ4n) is 3.70. The standard InChI is InChI=1S/C15H22N2O/c18-15(13-7-3-9-16-13)11-17-10-4-6-12-5-1-2-8-14(12)17/h3,7,9,12,14,16H,1-2,4-6,8,10-11H2. The molecule has 1 aliphatic carbocycles. The second kappa shape index (κ2) is 5.27. The summed E-state index contributed by atoms with van der Waals surface area (Å²) in [7, 11) is 0. The SMILES string of the molecule is O=C(CN1CCCC2CCCCC21)c1ccc[nH]1. The molecule has 0 aromatic carbocycles. The van der Waals surface area contributed by atoms with Gasteiger partial charge in [0.05, 0.1) is 12.2 Å². The normalized spacial score (nSPS) is 28.9. The van der Waals surface area contributed by atoms with Crippen molar-refractivity contribution in [3.05, 3.63) is 24.0 Å². The van der Waals surface area contributed by atoms with Crippen LogP contribution >= 0.6 is 0 Å². The first kappa shape index (κ1) is 12.0. The topological polar surface area (TPSA) is 36.1 Å². The number of fused-ring (bicyclic) bond motifs is 1. The van der Waals surface area contributed by atoms with Crippen LogP contribution in [0.4, 0.5) is 0 Å². The molecule has 0 radical (unpaired) electrons. The van der Waals surface area contributed by atoms with Gasteiger partial charge in [-0.05, 0) is 50.3 Å². The highest BCUT2D eigenvalue weighted by Gasteiger charge is 2.33. The molecule has 1 saturated heterocycles. The molecular formula is C15H22N2O. The summed E-state index contributed by atoms with van der Waals surface area (Å²) in [5.41, 5.74) is 0.757. The third-order valence-electron chi connectivity index (χ3n) is 4.60. The van der Waals surface area contributed by atoms with Crippen LogP contribution in [0.5, 0.6) is 0 Å². The van der Waals surface area contributed by atoms with Crippen LogP contribution in [-0.2, 0) is 0 Å².